The van der Waals surface area contributed by atoms with Gasteiger partial charge in [0.2, 0.25) is 5.91 Å². The van der Waals surface area contributed by atoms with Gasteiger partial charge in [-0.1, -0.05) is 30.3 Å². The standard InChI is InChI=1S/C25H30N2O3/c1-16(28)26-18-10-8-17(9-11-18)15-27-13-12-23-21(27)14-20-24(29-23)19-6-4-5-7-22(19)30-25(20,2)3/h4-11,20-21,23-24H,12-15H2,1-3H3,(H,26,28)/t20-,21-,23-,24+/m1/s1. The van der Waals surface area contributed by atoms with E-state index in [0.29, 0.717) is 12.0 Å². The number of likely N-dealkylation sites (tertiary alicyclic amines) is 1. The fraction of sp³-hybridized carbons (Fsp3) is 0.480. The van der Waals surface area contributed by atoms with E-state index >= 15 is 0 Å². The number of ether oxygens (including phenoxy) is 2. The molecule has 4 atom stereocenters. The highest BCUT2D eigenvalue weighted by Crippen LogP contribution is 2.52. The van der Waals surface area contributed by atoms with Gasteiger partial charge in [-0.25, -0.2) is 0 Å². The second kappa shape index (κ2) is 7.40. The van der Waals surface area contributed by atoms with Crippen molar-refractivity contribution in [3.05, 3.63) is 59.7 Å². The summed E-state index contributed by atoms with van der Waals surface area (Å²) in [6, 6.07) is 16.9. The first-order valence-corrected chi connectivity index (χ1v) is 10.9. The molecule has 5 nitrogen and oxygen atoms in total. The number of hydrogen-bond acceptors (Lipinski definition) is 4. The van der Waals surface area contributed by atoms with Gasteiger partial charge in [0, 0.05) is 43.2 Å². The third-order valence-electron chi connectivity index (χ3n) is 6.93. The van der Waals surface area contributed by atoms with Gasteiger partial charge in [0.05, 0.1) is 12.2 Å². The van der Waals surface area contributed by atoms with Crippen molar-refractivity contribution in [1.29, 1.82) is 0 Å². The molecule has 2 fully saturated rings. The van der Waals surface area contributed by atoms with Crippen LogP contribution in [-0.2, 0) is 16.1 Å². The van der Waals surface area contributed by atoms with Gasteiger partial charge in [0.15, 0.2) is 0 Å². The van der Waals surface area contributed by atoms with E-state index in [1.165, 1.54) is 18.1 Å². The van der Waals surface area contributed by atoms with Crippen LogP contribution in [-0.4, -0.2) is 35.1 Å². The molecule has 1 amide bonds. The normalized spacial score (nSPS) is 29.3. The van der Waals surface area contributed by atoms with E-state index in [4.69, 9.17) is 9.47 Å². The van der Waals surface area contributed by atoms with Crippen LogP contribution in [0.5, 0.6) is 5.75 Å². The molecular formula is C25H30N2O3. The summed E-state index contributed by atoms with van der Waals surface area (Å²) in [5, 5.41) is 2.83. The van der Waals surface area contributed by atoms with Crippen molar-refractivity contribution >= 4 is 11.6 Å². The highest BCUT2D eigenvalue weighted by molar-refractivity contribution is 5.88. The van der Waals surface area contributed by atoms with Gasteiger partial charge < -0.3 is 14.8 Å². The van der Waals surface area contributed by atoms with Gasteiger partial charge in [0.1, 0.15) is 11.4 Å². The number of anilines is 1. The Hall–Kier alpha value is -2.37. The number of hydrogen-bond donors (Lipinski definition) is 1. The van der Waals surface area contributed by atoms with Crippen LogP contribution in [0.25, 0.3) is 0 Å². The number of carbonyl (C=O) groups excluding carboxylic acids is 1. The lowest BCUT2D eigenvalue weighted by Crippen LogP contribution is -2.53. The Kier molecular flexibility index (Phi) is 4.83. The predicted molar refractivity (Wildman–Crippen MR) is 116 cm³/mol. The van der Waals surface area contributed by atoms with E-state index in [-0.39, 0.29) is 23.7 Å². The molecule has 2 saturated heterocycles. The first kappa shape index (κ1) is 19.6. The summed E-state index contributed by atoms with van der Waals surface area (Å²) >= 11 is 0. The Bertz CT molecular complexity index is 940. The molecule has 1 N–H and O–H groups in total. The zero-order valence-corrected chi connectivity index (χ0v) is 17.9. The van der Waals surface area contributed by atoms with Crippen LogP contribution in [0.2, 0.25) is 0 Å². The van der Waals surface area contributed by atoms with Crippen molar-refractivity contribution in [1.82, 2.24) is 4.90 Å². The SMILES string of the molecule is CC(=O)Nc1ccc(CN2CC[C@H]3O[C@H]4c5ccccc5OC(C)(C)[C@@H]4C[C@H]32)cc1. The number of para-hydroxylation sites is 1. The molecule has 5 rings (SSSR count). The minimum atomic E-state index is -0.252. The summed E-state index contributed by atoms with van der Waals surface area (Å²) in [7, 11) is 0. The smallest absolute Gasteiger partial charge is 0.221 e. The molecule has 0 aliphatic carbocycles. The first-order chi connectivity index (χ1) is 14.4. The Morgan fingerprint density at radius 3 is 2.70 bits per heavy atom. The maximum Gasteiger partial charge on any atom is 0.221 e. The number of fused-ring (bicyclic) bond motifs is 4. The molecule has 0 unspecified atom stereocenters. The molecule has 0 aromatic heterocycles. The number of nitrogens with one attached hydrogen (secondary N) is 1. The van der Waals surface area contributed by atoms with Gasteiger partial charge >= 0.3 is 0 Å². The second-order valence-corrected chi connectivity index (χ2v) is 9.39. The van der Waals surface area contributed by atoms with Crippen LogP contribution in [0, 0.1) is 5.92 Å². The monoisotopic (exact) mass is 406 g/mol. The molecule has 2 aromatic carbocycles. The molecule has 0 saturated carbocycles. The number of carbonyl (C=O) groups is 1. The lowest BCUT2D eigenvalue weighted by Gasteiger charge is -2.50. The van der Waals surface area contributed by atoms with E-state index in [1.54, 1.807) is 0 Å². The quantitative estimate of drug-likeness (QED) is 0.813. The Balaban J connectivity index is 1.33. The number of benzene rings is 2. The van der Waals surface area contributed by atoms with Gasteiger partial charge in [-0.15, -0.1) is 0 Å². The zero-order chi connectivity index (χ0) is 20.9. The van der Waals surface area contributed by atoms with Crippen molar-refractivity contribution in [2.75, 3.05) is 11.9 Å². The Morgan fingerprint density at radius 1 is 1.17 bits per heavy atom. The molecule has 3 heterocycles. The number of amides is 1. The number of nitrogens with zero attached hydrogens (tertiary/aromatic N) is 1. The molecular weight excluding hydrogens is 376 g/mol. The van der Waals surface area contributed by atoms with E-state index < -0.39 is 0 Å². The Labute approximate surface area is 178 Å². The van der Waals surface area contributed by atoms with Crippen LogP contribution >= 0.6 is 0 Å². The molecule has 3 aliphatic heterocycles. The largest absolute Gasteiger partial charge is 0.487 e. The molecule has 0 spiro atoms. The van der Waals surface area contributed by atoms with Crippen molar-refractivity contribution in [3.8, 4) is 5.75 Å². The van der Waals surface area contributed by atoms with Crippen molar-refractivity contribution in [2.24, 2.45) is 5.92 Å². The molecule has 158 valence electrons. The predicted octanol–water partition coefficient (Wildman–Crippen LogP) is 4.54. The third-order valence-corrected chi connectivity index (χ3v) is 6.93. The van der Waals surface area contributed by atoms with Crippen LogP contribution < -0.4 is 10.1 Å². The van der Waals surface area contributed by atoms with Crippen LogP contribution in [0.1, 0.15) is 50.8 Å². The fourth-order valence-corrected chi connectivity index (χ4v) is 5.45. The molecule has 30 heavy (non-hydrogen) atoms. The van der Waals surface area contributed by atoms with E-state index in [0.717, 1.165) is 37.4 Å². The van der Waals surface area contributed by atoms with Crippen molar-refractivity contribution < 1.29 is 14.3 Å². The second-order valence-electron chi connectivity index (χ2n) is 9.39. The van der Waals surface area contributed by atoms with Gasteiger partial charge in [0.25, 0.3) is 0 Å². The fourth-order valence-electron chi connectivity index (χ4n) is 5.45. The minimum absolute atomic E-state index is 0.0436. The topological polar surface area (TPSA) is 50.8 Å². The highest BCUT2D eigenvalue weighted by atomic mass is 16.5. The maximum absolute atomic E-state index is 11.2. The molecule has 5 heteroatoms. The summed E-state index contributed by atoms with van der Waals surface area (Å²) in [5.74, 6) is 1.26. The van der Waals surface area contributed by atoms with Crippen molar-refractivity contribution in [2.45, 2.75) is 64.0 Å². The highest BCUT2D eigenvalue weighted by Gasteiger charge is 2.52. The summed E-state index contributed by atoms with van der Waals surface area (Å²) in [5.41, 5.74) is 3.05. The summed E-state index contributed by atoms with van der Waals surface area (Å²) in [4.78, 5) is 13.8. The first-order valence-electron chi connectivity index (χ1n) is 10.9. The zero-order valence-electron chi connectivity index (χ0n) is 17.9. The summed E-state index contributed by atoms with van der Waals surface area (Å²) < 4.78 is 13.1. The van der Waals surface area contributed by atoms with Gasteiger partial charge in [-0.05, 0) is 50.5 Å². The van der Waals surface area contributed by atoms with Gasteiger partial charge in [-0.2, -0.15) is 0 Å². The number of rotatable bonds is 3. The Morgan fingerprint density at radius 2 is 1.93 bits per heavy atom. The summed E-state index contributed by atoms with van der Waals surface area (Å²) in [6.45, 7) is 7.88. The lowest BCUT2D eigenvalue weighted by molar-refractivity contribution is -0.162. The lowest BCUT2D eigenvalue weighted by atomic mass is 9.74. The van der Waals surface area contributed by atoms with Crippen molar-refractivity contribution in [3.63, 3.8) is 0 Å². The van der Waals surface area contributed by atoms with E-state index in [9.17, 15) is 4.79 Å². The molecule has 0 bridgehead atoms. The van der Waals surface area contributed by atoms with Crippen LogP contribution in [0.3, 0.4) is 0 Å². The van der Waals surface area contributed by atoms with Gasteiger partial charge in [-0.3, -0.25) is 9.69 Å². The molecule has 0 radical (unpaired) electrons. The third kappa shape index (κ3) is 3.50. The molecule has 3 aliphatic rings. The average molecular weight is 407 g/mol. The van der Waals surface area contributed by atoms with Crippen LogP contribution in [0.4, 0.5) is 5.69 Å². The van der Waals surface area contributed by atoms with E-state index in [2.05, 4.69) is 54.4 Å². The molecule has 2 aromatic rings. The van der Waals surface area contributed by atoms with E-state index in [1.807, 2.05) is 18.2 Å². The maximum atomic E-state index is 11.2. The minimum Gasteiger partial charge on any atom is -0.487 e. The van der Waals surface area contributed by atoms with Crippen LogP contribution in [0.15, 0.2) is 48.5 Å². The summed E-state index contributed by atoms with van der Waals surface area (Å²) in [6.07, 6.45) is 2.54. The average Bonchev–Trinajstić information content (AvgIpc) is 3.10.